The molecule has 2 atom stereocenters. The molecule has 28 heavy (non-hydrogen) atoms. The van der Waals surface area contributed by atoms with Crippen molar-refractivity contribution in [3.63, 3.8) is 0 Å². The first-order chi connectivity index (χ1) is 13.5. The van der Waals surface area contributed by atoms with Crippen LogP contribution in [0.5, 0.6) is 0 Å². The summed E-state index contributed by atoms with van der Waals surface area (Å²) >= 11 is 0. The number of Topliss-reactive ketones (excluding diaryl/α,β-unsaturated/α-hetero) is 1. The minimum atomic E-state index is -0.805. The van der Waals surface area contributed by atoms with Crippen molar-refractivity contribution >= 4 is 17.7 Å². The van der Waals surface area contributed by atoms with Crippen molar-refractivity contribution in [2.45, 2.75) is 76.2 Å². The largest absolute Gasteiger partial charge is 0.325 e. The van der Waals surface area contributed by atoms with E-state index in [0.29, 0.717) is 17.9 Å². The predicted octanol–water partition coefficient (Wildman–Crippen LogP) is 4.42. The molecule has 1 aliphatic heterocycles. The molecule has 1 saturated heterocycles. The van der Waals surface area contributed by atoms with Gasteiger partial charge in [0.25, 0.3) is 5.91 Å². The molecule has 5 heteroatoms. The molecule has 1 N–H and O–H groups in total. The molecule has 1 aromatic carbocycles. The van der Waals surface area contributed by atoms with E-state index in [1.807, 2.05) is 31.2 Å². The summed E-state index contributed by atoms with van der Waals surface area (Å²) in [6.07, 6.45) is 9.91. The number of nitrogens with zero attached hydrogens (tertiary/aromatic N) is 1. The summed E-state index contributed by atoms with van der Waals surface area (Å²) < 4.78 is 0. The van der Waals surface area contributed by atoms with Crippen LogP contribution < -0.4 is 5.32 Å². The van der Waals surface area contributed by atoms with E-state index in [-0.39, 0.29) is 24.2 Å². The van der Waals surface area contributed by atoms with Gasteiger partial charge in [0, 0.05) is 5.56 Å². The van der Waals surface area contributed by atoms with Crippen molar-refractivity contribution in [3.05, 3.63) is 35.4 Å². The Labute approximate surface area is 166 Å². The lowest BCUT2D eigenvalue weighted by molar-refractivity contribution is -0.133. The van der Waals surface area contributed by atoms with Crippen molar-refractivity contribution in [2.24, 2.45) is 5.92 Å². The molecule has 0 unspecified atom stereocenters. The van der Waals surface area contributed by atoms with E-state index in [2.05, 4.69) is 5.32 Å². The molecule has 1 spiro atoms. The minimum absolute atomic E-state index is 0.104. The number of carbonyl (C=O) groups is 3. The topological polar surface area (TPSA) is 66.5 Å². The SMILES string of the molecule is C[C@H]1CCCC[C@]12NC(=O)N(CC(=O)c1ccc(C3CCCCC3)cc1)C2=O. The zero-order chi connectivity index (χ0) is 19.7. The molecule has 0 aromatic heterocycles. The highest BCUT2D eigenvalue weighted by Gasteiger charge is 2.55. The van der Waals surface area contributed by atoms with Gasteiger partial charge < -0.3 is 5.32 Å². The monoisotopic (exact) mass is 382 g/mol. The van der Waals surface area contributed by atoms with Crippen molar-refractivity contribution < 1.29 is 14.4 Å². The molecule has 3 amide bonds. The van der Waals surface area contributed by atoms with Gasteiger partial charge >= 0.3 is 6.03 Å². The highest BCUT2D eigenvalue weighted by atomic mass is 16.2. The summed E-state index contributed by atoms with van der Waals surface area (Å²) in [6.45, 7) is 1.84. The number of amides is 3. The number of hydrogen-bond donors (Lipinski definition) is 1. The van der Waals surface area contributed by atoms with Gasteiger partial charge in [-0.05, 0) is 43.1 Å². The fourth-order valence-electron chi connectivity index (χ4n) is 5.25. The first-order valence-electron chi connectivity index (χ1n) is 10.8. The van der Waals surface area contributed by atoms with E-state index >= 15 is 0 Å². The molecule has 2 saturated carbocycles. The van der Waals surface area contributed by atoms with Gasteiger partial charge in [-0.1, -0.05) is 63.3 Å². The van der Waals surface area contributed by atoms with Gasteiger partial charge in [-0.2, -0.15) is 0 Å². The smallest absolute Gasteiger partial charge is 0.323 e. The lowest BCUT2D eigenvalue weighted by atomic mass is 9.73. The number of hydrogen-bond acceptors (Lipinski definition) is 3. The Bertz CT molecular complexity index is 767. The Morgan fingerprint density at radius 2 is 1.71 bits per heavy atom. The molecule has 0 radical (unpaired) electrons. The van der Waals surface area contributed by atoms with Crippen LogP contribution in [0.3, 0.4) is 0 Å². The molecular formula is C23H30N2O3. The standard InChI is InChI=1S/C23H30N2O3/c1-16-7-5-6-14-23(16)21(27)25(22(28)24-23)15-20(26)19-12-10-18(11-13-19)17-8-3-2-4-9-17/h10-13,16-17H,2-9,14-15H2,1H3,(H,24,28)/t16-,23-/m0/s1. The number of ketones is 1. The maximum atomic E-state index is 13.0. The maximum Gasteiger partial charge on any atom is 0.325 e. The van der Waals surface area contributed by atoms with Gasteiger partial charge in [0.2, 0.25) is 0 Å². The number of benzene rings is 1. The maximum absolute atomic E-state index is 13.0. The molecule has 3 aliphatic rings. The summed E-state index contributed by atoms with van der Waals surface area (Å²) in [6, 6.07) is 7.36. The van der Waals surface area contributed by atoms with E-state index in [1.54, 1.807) is 0 Å². The van der Waals surface area contributed by atoms with E-state index < -0.39 is 11.6 Å². The Morgan fingerprint density at radius 3 is 2.39 bits per heavy atom. The van der Waals surface area contributed by atoms with E-state index in [1.165, 1.54) is 37.7 Å². The molecule has 1 heterocycles. The number of rotatable bonds is 4. The van der Waals surface area contributed by atoms with Gasteiger partial charge in [-0.15, -0.1) is 0 Å². The summed E-state index contributed by atoms with van der Waals surface area (Å²) in [5.74, 6) is 0.292. The molecule has 2 aliphatic carbocycles. The van der Waals surface area contributed by atoms with Crippen LogP contribution >= 0.6 is 0 Å². The number of carbonyl (C=O) groups excluding carboxylic acids is 3. The fourth-order valence-corrected chi connectivity index (χ4v) is 5.25. The summed E-state index contributed by atoms with van der Waals surface area (Å²) in [4.78, 5) is 39.4. The molecule has 1 aromatic rings. The highest BCUT2D eigenvalue weighted by Crippen LogP contribution is 2.38. The van der Waals surface area contributed by atoms with Gasteiger partial charge in [0.1, 0.15) is 5.54 Å². The highest BCUT2D eigenvalue weighted by molar-refractivity contribution is 6.11. The fraction of sp³-hybridized carbons (Fsp3) is 0.609. The average molecular weight is 383 g/mol. The van der Waals surface area contributed by atoms with E-state index in [0.717, 1.165) is 24.2 Å². The van der Waals surface area contributed by atoms with Crippen molar-refractivity contribution in [1.82, 2.24) is 10.2 Å². The minimum Gasteiger partial charge on any atom is -0.323 e. The molecular weight excluding hydrogens is 352 g/mol. The zero-order valence-electron chi connectivity index (χ0n) is 16.7. The van der Waals surface area contributed by atoms with Gasteiger partial charge in [-0.25, -0.2) is 4.79 Å². The second-order valence-corrected chi connectivity index (χ2v) is 8.82. The molecule has 5 nitrogen and oxygen atoms in total. The second-order valence-electron chi connectivity index (χ2n) is 8.82. The summed E-state index contributed by atoms with van der Waals surface area (Å²) in [7, 11) is 0. The first-order valence-corrected chi connectivity index (χ1v) is 10.8. The van der Waals surface area contributed by atoms with Crippen molar-refractivity contribution in [1.29, 1.82) is 0 Å². The normalized spacial score (nSPS) is 28.6. The van der Waals surface area contributed by atoms with Crippen LogP contribution in [0.15, 0.2) is 24.3 Å². The van der Waals surface area contributed by atoms with Crippen LogP contribution in [-0.2, 0) is 4.79 Å². The van der Waals surface area contributed by atoms with Gasteiger partial charge in [0.15, 0.2) is 5.78 Å². The van der Waals surface area contributed by atoms with Crippen LogP contribution in [0.2, 0.25) is 0 Å². The Kier molecular flexibility index (Phi) is 5.26. The van der Waals surface area contributed by atoms with E-state index in [4.69, 9.17) is 0 Å². The Morgan fingerprint density at radius 1 is 1.04 bits per heavy atom. The predicted molar refractivity (Wildman–Crippen MR) is 107 cm³/mol. The van der Waals surface area contributed by atoms with Crippen LogP contribution in [0.25, 0.3) is 0 Å². The lowest BCUT2D eigenvalue weighted by Crippen LogP contribution is -2.54. The molecule has 3 fully saturated rings. The van der Waals surface area contributed by atoms with Crippen LogP contribution in [0.4, 0.5) is 4.79 Å². The van der Waals surface area contributed by atoms with Gasteiger partial charge in [-0.3, -0.25) is 14.5 Å². The van der Waals surface area contributed by atoms with Crippen LogP contribution in [0, 0.1) is 5.92 Å². The molecule has 150 valence electrons. The van der Waals surface area contributed by atoms with Crippen molar-refractivity contribution in [3.8, 4) is 0 Å². The van der Waals surface area contributed by atoms with Gasteiger partial charge in [0.05, 0.1) is 6.54 Å². The number of urea groups is 1. The Balaban J connectivity index is 1.44. The quantitative estimate of drug-likeness (QED) is 0.619. The van der Waals surface area contributed by atoms with Crippen LogP contribution in [0.1, 0.15) is 86.6 Å². The third-order valence-corrected chi connectivity index (χ3v) is 7.11. The summed E-state index contributed by atoms with van der Waals surface area (Å²) in [5, 5.41) is 2.91. The van der Waals surface area contributed by atoms with E-state index in [9.17, 15) is 14.4 Å². The zero-order valence-corrected chi connectivity index (χ0v) is 16.7. The first kappa shape index (κ1) is 19.2. The van der Waals surface area contributed by atoms with Crippen LogP contribution in [-0.4, -0.2) is 34.7 Å². The lowest BCUT2D eigenvalue weighted by Gasteiger charge is -2.36. The number of imide groups is 1. The number of nitrogens with one attached hydrogen (secondary N) is 1. The summed E-state index contributed by atoms with van der Waals surface area (Å²) in [5.41, 5.74) is 1.06. The molecule has 4 rings (SSSR count). The average Bonchev–Trinajstić information content (AvgIpc) is 2.96. The Hall–Kier alpha value is -2.17. The van der Waals surface area contributed by atoms with Crippen molar-refractivity contribution in [2.75, 3.05) is 6.54 Å². The molecule has 0 bridgehead atoms. The third-order valence-electron chi connectivity index (χ3n) is 7.11. The second kappa shape index (κ2) is 7.69. The third kappa shape index (κ3) is 3.36.